The summed E-state index contributed by atoms with van der Waals surface area (Å²) in [5, 5.41) is 14.5. The highest BCUT2D eigenvalue weighted by molar-refractivity contribution is 7.99. The summed E-state index contributed by atoms with van der Waals surface area (Å²) in [5.74, 6) is 0.00785. The number of anilines is 1. The van der Waals surface area contributed by atoms with Gasteiger partial charge in [-0.2, -0.15) is 0 Å². The first-order valence-corrected chi connectivity index (χ1v) is 11.3. The number of para-hydroxylation sites is 1. The van der Waals surface area contributed by atoms with E-state index < -0.39 is 11.7 Å². The van der Waals surface area contributed by atoms with Crippen LogP contribution in [0.25, 0.3) is 0 Å². The average Bonchev–Trinajstić information content (AvgIpc) is 3.12. The smallest absolute Gasteiger partial charge is 0.254 e. The molecule has 0 saturated heterocycles. The molecular formula is C23H26FN5O2S. The number of carbonyl (C=O) groups is 2. The molecule has 0 bridgehead atoms. The molecule has 7 nitrogen and oxygen atoms in total. The molecule has 1 aromatic heterocycles. The number of thioether (sulfide) groups is 1. The predicted octanol–water partition coefficient (Wildman–Crippen LogP) is 3.78. The number of amides is 2. The molecule has 3 aromatic rings. The highest BCUT2D eigenvalue weighted by atomic mass is 32.2. The minimum absolute atomic E-state index is 0.00626. The maximum Gasteiger partial charge on any atom is 0.254 e. The van der Waals surface area contributed by atoms with Crippen molar-refractivity contribution in [1.82, 2.24) is 20.1 Å². The Morgan fingerprint density at radius 3 is 2.56 bits per heavy atom. The van der Waals surface area contributed by atoms with Crippen molar-refractivity contribution in [3.8, 4) is 0 Å². The van der Waals surface area contributed by atoms with Crippen LogP contribution < -0.4 is 10.6 Å². The lowest BCUT2D eigenvalue weighted by Crippen LogP contribution is -2.27. The van der Waals surface area contributed by atoms with Crippen LogP contribution in [-0.2, 0) is 18.3 Å². The molecule has 1 heterocycles. The van der Waals surface area contributed by atoms with Crippen LogP contribution in [0.1, 0.15) is 41.5 Å². The first kappa shape index (κ1) is 23.5. The summed E-state index contributed by atoms with van der Waals surface area (Å²) in [7, 11) is 1.81. The van der Waals surface area contributed by atoms with Gasteiger partial charge in [0, 0.05) is 25.7 Å². The Morgan fingerprint density at radius 1 is 1.09 bits per heavy atom. The molecule has 168 valence electrons. The second-order valence-corrected chi connectivity index (χ2v) is 8.46. The third-order valence-corrected chi connectivity index (χ3v) is 5.89. The van der Waals surface area contributed by atoms with Gasteiger partial charge < -0.3 is 15.2 Å². The summed E-state index contributed by atoms with van der Waals surface area (Å²) >= 11 is 1.29. The van der Waals surface area contributed by atoms with E-state index >= 15 is 0 Å². The van der Waals surface area contributed by atoms with Gasteiger partial charge in [0.25, 0.3) is 5.91 Å². The van der Waals surface area contributed by atoms with Gasteiger partial charge in [0.15, 0.2) is 5.16 Å². The number of halogens is 1. The summed E-state index contributed by atoms with van der Waals surface area (Å²) in [6.45, 7) is 4.45. The van der Waals surface area contributed by atoms with E-state index in [1.54, 1.807) is 10.6 Å². The second kappa shape index (κ2) is 10.9. The SMILES string of the molecule is CC(C)c1ccccc1NC(=O)CSc1nnc(CCNC(=O)c2ccccc2F)n1C. The summed E-state index contributed by atoms with van der Waals surface area (Å²) in [6.07, 6.45) is 0.429. The first-order chi connectivity index (χ1) is 15.4. The maximum absolute atomic E-state index is 13.7. The fraction of sp³-hybridized carbons (Fsp3) is 0.304. The summed E-state index contributed by atoms with van der Waals surface area (Å²) in [6, 6.07) is 13.6. The van der Waals surface area contributed by atoms with Crippen LogP contribution >= 0.6 is 11.8 Å². The van der Waals surface area contributed by atoms with Crippen molar-refractivity contribution in [2.45, 2.75) is 31.3 Å². The Labute approximate surface area is 190 Å². The van der Waals surface area contributed by atoms with Gasteiger partial charge in [-0.05, 0) is 29.7 Å². The van der Waals surface area contributed by atoms with Gasteiger partial charge in [-0.25, -0.2) is 4.39 Å². The lowest BCUT2D eigenvalue weighted by atomic mass is 10.0. The minimum Gasteiger partial charge on any atom is -0.351 e. The fourth-order valence-corrected chi connectivity index (χ4v) is 3.88. The highest BCUT2D eigenvalue weighted by Crippen LogP contribution is 2.24. The molecule has 0 unspecified atom stereocenters. The third kappa shape index (κ3) is 5.94. The number of aromatic nitrogens is 3. The van der Waals surface area contributed by atoms with Crippen LogP contribution in [-0.4, -0.2) is 38.9 Å². The Bertz CT molecular complexity index is 1100. The number of rotatable bonds is 9. The molecule has 3 rings (SSSR count). The Balaban J connectivity index is 1.50. The molecule has 2 N–H and O–H groups in total. The molecule has 0 aliphatic rings. The summed E-state index contributed by atoms with van der Waals surface area (Å²) in [4.78, 5) is 24.5. The van der Waals surface area contributed by atoms with Crippen molar-refractivity contribution in [1.29, 1.82) is 0 Å². The molecule has 0 radical (unpaired) electrons. The van der Waals surface area contributed by atoms with Crippen molar-refractivity contribution in [2.75, 3.05) is 17.6 Å². The number of nitrogens with zero attached hydrogens (tertiary/aromatic N) is 3. The quantitative estimate of drug-likeness (QED) is 0.480. The van der Waals surface area contributed by atoms with Crippen LogP contribution in [0.5, 0.6) is 0 Å². The third-order valence-electron chi connectivity index (χ3n) is 4.87. The lowest BCUT2D eigenvalue weighted by molar-refractivity contribution is -0.113. The Morgan fingerprint density at radius 2 is 1.81 bits per heavy atom. The van der Waals surface area contributed by atoms with E-state index in [4.69, 9.17) is 0 Å². The molecule has 2 amide bonds. The molecule has 0 saturated carbocycles. The molecular weight excluding hydrogens is 429 g/mol. The van der Waals surface area contributed by atoms with Gasteiger partial charge >= 0.3 is 0 Å². The Kier molecular flexibility index (Phi) is 7.99. The second-order valence-electron chi connectivity index (χ2n) is 7.52. The van der Waals surface area contributed by atoms with E-state index in [1.807, 2.05) is 31.3 Å². The largest absolute Gasteiger partial charge is 0.351 e. The van der Waals surface area contributed by atoms with E-state index in [1.165, 1.54) is 30.0 Å². The number of nitrogens with one attached hydrogen (secondary N) is 2. The van der Waals surface area contributed by atoms with Gasteiger partial charge in [-0.1, -0.05) is 55.9 Å². The Hall–Kier alpha value is -3.20. The molecule has 32 heavy (non-hydrogen) atoms. The highest BCUT2D eigenvalue weighted by Gasteiger charge is 2.14. The van der Waals surface area contributed by atoms with E-state index in [9.17, 15) is 14.0 Å². The van der Waals surface area contributed by atoms with E-state index in [-0.39, 0.29) is 23.8 Å². The molecule has 2 aromatic carbocycles. The fourth-order valence-electron chi connectivity index (χ4n) is 3.15. The number of hydrogen-bond acceptors (Lipinski definition) is 5. The lowest BCUT2D eigenvalue weighted by Gasteiger charge is -2.13. The standard InChI is InChI=1S/C23H26FN5O2S/c1-15(2)16-8-5-7-11-19(16)26-21(30)14-32-23-28-27-20(29(23)3)12-13-25-22(31)17-9-4-6-10-18(17)24/h4-11,15H,12-14H2,1-3H3,(H,25,31)(H,26,30). The summed E-state index contributed by atoms with van der Waals surface area (Å²) < 4.78 is 15.5. The average molecular weight is 456 g/mol. The van der Waals surface area contributed by atoms with Gasteiger partial charge in [0.1, 0.15) is 11.6 Å². The van der Waals surface area contributed by atoms with Gasteiger partial charge in [0.05, 0.1) is 11.3 Å². The maximum atomic E-state index is 13.7. The van der Waals surface area contributed by atoms with Crippen LogP contribution in [0.15, 0.2) is 53.7 Å². The zero-order valence-electron chi connectivity index (χ0n) is 18.3. The van der Waals surface area contributed by atoms with Gasteiger partial charge in [-0.3, -0.25) is 9.59 Å². The van der Waals surface area contributed by atoms with Crippen molar-refractivity contribution >= 4 is 29.3 Å². The van der Waals surface area contributed by atoms with Crippen molar-refractivity contribution in [3.63, 3.8) is 0 Å². The summed E-state index contributed by atoms with van der Waals surface area (Å²) in [5.41, 5.74) is 1.91. The number of benzene rings is 2. The molecule has 0 aliphatic heterocycles. The van der Waals surface area contributed by atoms with E-state index in [0.29, 0.717) is 23.3 Å². The topological polar surface area (TPSA) is 88.9 Å². The van der Waals surface area contributed by atoms with Crippen LogP contribution in [0, 0.1) is 5.82 Å². The van der Waals surface area contributed by atoms with Crippen molar-refractivity contribution in [3.05, 3.63) is 71.3 Å². The molecule has 0 aliphatic carbocycles. The molecule has 0 fully saturated rings. The normalized spacial score (nSPS) is 10.9. The van der Waals surface area contributed by atoms with Crippen LogP contribution in [0.4, 0.5) is 10.1 Å². The molecule has 0 spiro atoms. The first-order valence-electron chi connectivity index (χ1n) is 10.3. The van der Waals surface area contributed by atoms with Crippen molar-refractivity contribution < 1.29 is 14.0 Å². The molecule has 0 atom stereocenters. The van der Waals surface area contributed by atoms with Crippen LogP contribution in [0.3, 0.4) is 0 Å². The molecule has 9 heteroatoms. The number of hydrogen-bond donors (Lipinski definition) is 2. The minimum atomic E-state index is -0.559. The zero-order valence-corrected chi connectivity index (χ0v) is 19.1. The van der Waals surface area contributed by atoms with Gasteiger partial charge in [-0.15, -0.1) is 10.2 Å². The monoisotopic (exact) mass is 455 g/mol. The van der Waals surface area contributed by atoms with Crippen molar-refractivity contribution in [2.24, 2.45) is 7.05 Å². The van der Waals surface area contributed by atoms with E-state index in [0.717, 1.165) is 11.3 Å². The predicted molar refractivity (Wildman–Crippen MR) is 123 cm³/mol. The van der Waals surface area contributed by atoms with E-state index in [2.05, 4.69) is 34.7 Å². The van der Waals surface area contributed by atoms with Gasteiger partial charge in [0.2, 0.25) is 5.91 Å². The zero-order chi connectivity index (χ0) is 23.1. The van der Waals surface area contributed by atoms with Crippen LogP contribution in [0.2, 0.25) is 0 Å². The number of carbonyl (C=O) groups excluding carboxylic acids is 2.